The molecule has 28 heavy (non-hydrogen) atoms. The number of nitrogens with two attached hydrogens (primary N) is 1. The predicted octanol–water partition coefficient (Wildman–Crippen LogP) is 1.99. The number of hydrogen-bond acceptors (Lipinski definition) is 4. The molecule has 1 aromatic carbocycles. The van der Waals surface area contributed by atoms with E-state index in [-0.39, 0.29) is 11.8 Å². The molecule has 4 rings (SSSR count). The molecule has 2 aliphatic heterocycles. The van der Waals surface area contributed by atoms with Crippen LogP contribution in [0.1, 0.15) is 43.6 Å². The molecular formula is C22H31N3O3. The van der Waals surface area contributed by atoms with Crippen LogP contribution < -0.4 is 10.5 Å². The lowest BCUT2D eigenvalue weighted by Crippen LogP contribution is -2.50. The van der Waals surface area contributed by atoms with Gasteiger partial charge in [-0.3, -0.25) is 9.59 Å². The van der Waals surface area contributed by atoms with Crippen LogP contribution in [-0.2, 0) is 9.59 Å². The molecule has 6 nitrogen and oxygen atoms in total. The molecule has 3 atom stereocenters. The van der Waals surface area contributed by atoms with Crippen molar-refractivity contribution in [3.05, 3.63) is 29.8 Å². The molecule has 1 aliphatic carbocycles. The van der Waals surface area contributed by atoms with Crippen molar-refractivity contribution in [2.24, 2.45) is 17.6 Å². The second-order valence-electron chi connectivity index (χ2n) is 8.53. The first-order valence-electron chi connectivity index (χ1n) is 10.5. The highest BCUT2D eigenvalue weighted by molar-refractivity contribution is 5.80. The van der Waals surface area contributed by atoms with Gasteiger partial charge in [-0.05, 0) is 37.0 Å². The van der Waals surface area contributed by atoms with Crippen molar-refractivity contribution in [1.82, 2.24) is 9.80 Å². The van der Waals surface area contributed by atoms with Crippen molar-refractivity contribution in [1.29, 1.82) is 0 Å². The van der Waals surface area contributed by atoms with E-state index in [0.29, 0.717) is 36.8 Å². The summed E-state index contributed by atoms with van der Waals surface area (Å²) in [7, 11) is 1.68. The summed E-state index contributed by atoms with van der Waals surface area (Å²) in [6, 6.07) is 8.61. The van der Waals surface area contributed by atoms with Gasteiger partial charge in [-0.25, -0.2) is 0 Å². The van der Waals surface area contributed by atoms with Crippen LogP contribution >= 0.6 is 0 Å². The van der Waals surface area contributed by atoms with E-state index < -0.39 is 0 Å². The molecular weight excluding hydrogens is 354 g/mol. The van der Waals surface area contributed by atoms with Crippen LogP contribution in [0, 0.1) is 11.8 Å². The molecule has 3 aliphatic rings. The summed E-state index contributed by atoms with van der Waals surface area (Å²) < 4.78 is 5.31. The van der Waals surface area contributed by atoms with E-state index in [0.717, 1.165) is 44.6 Å². The zero-order valence-electron chi connectivity index (χ0n) is 16.7. The van der Waals surface area contributed by atoms with Gasteiger partial charge >= 0.3 is 0 Å². The molecule has 3 fully saturated rings. The van der Waals surface area contributed by atoms with Gasteiger partial charge in [0.15, 0.2) is 0 Å². The zero-order chi connectivity index (χ0) is 19.7. The van der Waals surface area contributed by atoms with E-state index in [9.17, 15) is 9.59 Å². The number of nitrogens with zero attached hydrogens (tertiary/aromatic N) is 2. The van der Waals surface area contributed by atoms with E-state index in [4.69, 9.17) is 10.5 Å². The monoisotopic (exact) mass is 385 g/mol. The summed E-state index contributed by atoms with van der Waals surface area (Å²) in [6.45, 7) is 3.37. The second kappa shape index (κ2) is 8.11. The predicted molar refractivity (Wildman–Crippen MR) is 107 cm³/mol. The Bertz CT molecular complexity index is 716. The summed E-state index contributed by atoms with van der Waals surface area (Å²) in [5, 5.41) is 0. The molecule has 2 amide bonds. The third kappa shape index (κ3) is 3.75. The van der Waals surface area contributed by atoms with Crippen LogP contribution in [0.25, 0.3) is 0 Å². The van der Waals surface area contributed by atoms with Gasteiger partial charge in [0.1, 0.15) is 5.75 Å². The summed E-state index contributed by atoms with van der Waals surface area (Å²) >= 11 is 0. The molecule has 152 valence electrons. The SMILES string of the molecule is COc1ccc([C@@H]2CN(C(=O)C3CCC3)[C@H]3CCN(CCC(N)=O)C[C@@H]23)cc1. The van der Waals surface area contributed by atoms with Crippen LogP contribution in [0.15, 0.2) is 24.3 Å². The Morgan fingerprint density at radius 2 is 1.89 bits per heavy atom. The Morgan fingerprint density at radius 3 is 2.50 bits per heavy atom. The van der Waals surface area contributed by atoms with E-state index in [1.54, 1.807) is 7.11 Å². The van der Waals surface area contributed by atoms with E-state index in [1.807, 2.05) is 12.1 Å². The Balaban J connectivity index is 1.54. The first kappa shape index (κ1) is 19.2. The van der Waals surface area contributed by atoms with Crippen LogP contribution in [0.5, 0.6) is 5.75 Å². The maximum Gasteiger partial charge on any atom is 0.225 e. The molecule has 0 bridgehead atoms. The average molecular weight is 386 g/mol. The zero-order valence-corrected chi connectivity index (χ0v) is 16.7. The highest BCUT2D eigenvalue weighted by Crippen LogP contribution is 2.43. The van der Waals surface area contributed by atoms with Gasteiger partial charge in [0.05, 0.1) is 7.11 Å². The van der Waals surface area contributed by atoms with Crippen molar-refractivity contribution < 1.29 is 14.3 Å². The highest BCUT2D eigenvalue weighted by Gasteiger charge is 2.48. The number of piperidine rings is 1. The number of hydrogen-bond donors (Lipinski definition) is 1. The van der Waals surface area contributed by atoms with Gasteiger partial charge in [-0.2, -0.15) is 0 Å². The van der Waals surface area contributed by atoms with Crippen molar-refractivity contribution >= 4 is 11.8 Å². The Hall–Kier alpha value is -2.08. The molecule has 6 heteroatoms. The van der Waals surface area contributed by atoms with Crippen LogP contribution in [0.3, 0.4) is 0 Å². The van der Waals surface area contributed by atoms with Gasteiger partial charge in [0.25, 0.3) is 0 Å². The molecule has 1 aromatic rings. The Labute approximate surface area is 167 Å². The number of amides is 2. The maximum atomic E-state index is 13.1. The van der Waals surface area contributed by atoms with E-state index >= 15 is 0 Å². The number of ether oxygens (including phenoxy) is 1. The molecule has 2 N–H and O–H groups in total. The second-order valence-corrected chi connectivity index (χ2v) is 8.53. The highest BCUT2D eigenvalue weighted by atomic mass is 16.5. The molecule has 2 saturated heterocycles. The summed E-state index contributed by atoms with van der Waals surface area (Å²) in [5.74, 6) is 1.94. The summed E-state index contributed by atoms with van der Waals surface area (Å²) in [5.41, 5.74) is 6.62. The fourth-order valence-corrected chi connectivity index (χ4v) is 5.12. The number of benzene rings is 1. The lowest BCUT2D eigenvalue weighted by atomic mass is 9.81. The third-order valence-corrected chi connectivity index (χ3v) is 6.97. The number of carbonyl (C=O) groups excluding carboxylic acids is 2. The van der Waals surface area contributed by atoms with Crippen molar-refractivity contribution in [2.45, 2.75) is 44.1 Å². The third-order valence-electron chi connectivity index (χ3n) is 6.97. The smallest absolute Gasteiger partial charge is 0.225 e. The first-order valence-corrected chi connectivity index (χ1v) is 10.5. The lowest BCUT2D eigenvalue weighted by Gasteiger charge is -2.40. The van der Waals surface area contributed by atoms with Gasteiger partial charge in [-0.1, -0.05) is 18.6 Å². The summed E-state index contributed by atoms with van der Waals surface area (Å²) in [6.07, 6.45) is 4.65. The molecule has 0 aromatic heterocycles. The molecule has 0 radical (unpaired) electrons. The van der Waals surface area contributed by atoms with Crippen molar-refractivity contribution in [3.63, 3.8) is 0 Å². The Kier molecular flexibility index (Phi) is 5.58. The van der Waals surface area contributed by atoms with E-state index in [1.165, 1.54) is 12.0 Å². The maximum absolute atomic E-state index is 13.1. The topological polar surface area (TPSA) is 75.9 Å². The largest absolute Gasteiger partial charge is 0.497 e. The minimum atomic E-state index is -0.248. The fourth-order valence-electron chi connectivity index (χ4n) is 5.12. The van der Waals surface area contributed by atoms with Crippen molar-refractivity contribution in [2.75, 3.05) is 33.3 Å². The fraction of sp³-hybridized carbons (Fsp3) is 0.636. The van der Waals surface area contributed by atoms with Crippen LogP contribution in [0.2, 0.25) is 0 Å². The first-order chi connectivity index (χ1) is 13.6. The number of carbonyl (C=O) groups is 2. The quantitative estimate of drug-likeness (QED) is 0.813. The minimum Gasteiger partial charge on any atom is -0.497 e. The van der Waals surface area contributed by atoms with Crippen LogP contribution in [-0.4, -0.2) is 60.9 Å². The summed E-state index contributed by atoms with van der Waals surface area (Å²) in [4.78, 5) is 28.8. The van der Waals surface area contributed by atoms with Gasteiger partial charge in [0.2, 0.25) is 11.8 Å². The molecule has 2 heterocycles. The van der Waals surface area contributed by atoms with Gasteiger partial charge in [0, 0.05) is 56.4 Å². The number of methoxy groups -OCH3 is 1. The molecule has 1 saturated carbocycles. The standard InChI is InChI=1S/C22H31N3O3/c1-28-17-7-5-15(6-8-17)18-14-25(22(27)16-3-2-4-16)20-9-11-24(13-19(18)20)12-10-21(23)26/h5-8,16,18-20H,2-4,9-14H2,1H3,(H2,23,26)/t18-,19-,20-/m0/s1. The number of likely N-dealkylation sites (tertiary alicyclic amines) is 2. The lowest BCUT2D eigenvalue weighted by molar-refractivity contribution is -0.140. The van der Waals surface area contributed by atoms with Crippen molar-refractivity contribution in [3.8, 4) is 5.75 Å². The molecule has 0 spiro atoms. The van der Waals surface area contributed by atoms with Gasteiger partial charge in [-0.15, -0.1) is 0 Å². The minimum absolute atomic E-state index is 0.239. The average Bonchev–Trinajstić information content (AvgIpc) is 3.04. The number of rotatable bonds is 6. The van der Waals surface area contributed by atoms with E-state index in [2.05, 4.69) is 21.9 Å². The normalized spacial score (nSPS) is 27.9. The molecule has 0 unspecified atom stereocenters. The number of primary amides is 1. The number of fused-ring (bicyclic) bond motifs is 1. The van der Waals surface area contributed by atoms with Gasteiger partial charge < -0.3 is 20.3 Å². The Morgan fingerprint density at radius 1 is 1.14 bits per heavy atom. The van der Waals surface area contributed by atoms with Crippen LogP contribution in [0.4, 0.5) is 0 Å².